The lowest BCUT2D eigenvalue weighted by molar-refractivity contribution is -0.117. The third-order valence-electron chi connectivity index (χ3n) is 2.03. The SMILES string of the molecule is CN(C)C(=O)Nc1ccccc1CC(N)=O. The van der Waals surface area contributed by atoms with Crippen LogP contribution in [-0.2, 0) is 11.2 Å². The summed E-state index contributed by atoms with van der Waals surface area (Å²) in [6.07, 6.45) is 0.115. The molecule has 86 valence electrons. The number of rotatable bonds is 3. The van der Waals surface area contributed by atoms with Crippen molar-refractivity contribution in [2.45, 2.75) is 6.42 Å². The third-order valence-corrected chi connectivity index (χ3v) is 2.03. The second-order valence-corrected chi connectivity index (χ2v) is 3.62. The molecule has 0 aliphatic heterocycles. The number of carbonyl (C=O) groups is 2. The number of hydrogen-bond acceptors (Lipinski definition) is 2. The Morgan fingerprint density at radius 1 is 1.31 bits per heavy atom. The van der Waals surface area contributed by atoms with Gasteiger partial charge in [0.05, 0.1) is 6.42 Å². The van der Waals surface area contributed by atoms with E-state index in [9.17, 15) is 9.59 Å². The molecule has 1 rings (SSSR count). The monoisotopic (exact) mass is 221 g/mol. The highest BCUT2D eigenvalue weighted by Gasteiger charge is 2.09. The molecule has 3 N–H and O–H groups in total. The second-order valence-electron chi connectivity index (χ2n) is 3.62. The predicted octanol–water partition coefficient (Wildman–Crippen LogP) is 0.808. The summed E-state index contributed by atoms with van der Waals surface area (Å²) in [6, 6.07) is 6.84. The number of anilines is 1. The minimum Gasteiger partial charge on any atom is -0.369 e. The number of para-hydroxylation sites is 1. The summed E-state index contributed by atoms with van der Waals surface area (Å²) in [5, 5.41) is 2.69. The minimum atomic E-state index is -0.424. The summed E-state index contributed by atoms with van der Waals surface area (Å²) in [5.41, 5.74) is 6.45. The van der Waals surface area contributed by atoms with Gasteiger partial charge in [-0.3, -0.25) is 4.79 Å². The third kappa shape index (κ3) is 3.27. The van der Waals surface area contributed by atoms with E-state index in [1.807, 2.05) is 0 Å². The molecule has 0 aromatic heterocycles. The standard InChI is InChI=1S/C11H15N3O2/c1-14(2)11(16)13-9-6-4-3-5-8(9)7-10(12)15/h3-6H,7H2,1-2H3,(H2,12,15)(H,13,16). The van der Waals surface area contributed by atoms with Crippen LogP contribution in [-0.4, -0.2) is 30.9 Å². The van der Waals surface area contributed by atoms with Gasteiger partial charge < -0.3 is 16.0 Å². The van der Waals surface area contributed by atoms with Crippen LogP contribution < -0.4 is 11.1 Å². The lowest BCUT2D eigenvalue weighted by atomic mass is 10.1. The molecule has 0 atom stereocenters. The topological polar surface area (TPSA) is 75.4 Å². The fourth-order valence-corrected chi connectivity index (χ4v) is 1.21. The van der Waals surface area contributed by atoms with Crippen LogP contribution in [0.25, 0.3) is 0 Å². The molecule has 0 aliphatic rings. The first-order valence-corrected chi connectivity index (χ1v) is 4.85. The van der Waals surface area contributed by atoms with Crippen LogP contribution in [0.2, 0.25) is 0 Å². The zero-order valence-electron chi connectivity index (χ0n) is 9.36. The molecule has 0 fully saturated rings. The van der Waals surface area contributed by atoms with Gasteiger partial charge in [-0.25, -0.2) is 4.79 Å². The first-order valence-electron chi connectivity index (χ1n) is 4.85. The van der Waals surface area contributed by atoms with Crippen molar-refractivity contribution in [3.05, 3.63) is 29.8 Å². The molecule has 1 aromatic rings. The lowest BCUT2D eigenvalue weighted by Gasteiger charge is -2.14. The summed E-state index contributed by atoms with van der Waals surface area (Å²) >= 11 is 0. The normalized spacial score (nSPS) is 9.62. The molecule has 16 heavy (non-hydrogen) atoms. The van der Waals surface area contributed by atoms with Gasteiger partial charge in [0.2, 0.25) is 5.91 Å². The van der Waals surface area contributed by atoms with E-state index in [2.05, 4.69) is 5.32 Å². The van der Waals surface area contributed by atoms with E-state index >= 15 is 0 Å². The summed E-state index contributed by atoms with van der Waals surface area (Å²) in [6.45, 7) is 0. The zero-order chi connectivity index (χ0) is 12.1. The number of nitrogens with two attached hydrogens (primary N) is 1. The minimum absolute atomic E-state index is 0.115. The predicted molar refractivity (Wildman–Crippen MR) is 62.0 cm³/mol. The highest BCUT2D eigenvalue weighted by atomic mass is 16.2. The van der Waals surface area contributed by atoms with Crippen molar-refractivity contribution in [3.8, 4) is 0 Å². The van der Waals surface area contributed by atoms with Crippen LogP contribution in [0.1, 0.15) is 5.56 Å². The van der Waals surface area contributed by atoms with Crippen LogP contribution in [0.5, 0.6) is 0 Å². The van der Waals surface area contributed by atoms with Gasteiger partial charge in [-0.05, 0) is 11.6 Å². The Bertz CT molecular complexity index is 402. The summed E-state index contributed by atoms with van der Waals surface area (Å²) in [7, 11) is 3.29. The first kappa shape index (κ1) is 12.0. The van der Waals surface area contributed by atoms with Gasteiger partial charge in [0.15, 0.2) is 0 Å². The molecule has 0 saturated heterocycles. The van der Waals surface area contributed by atoms with Crippen LogP contribution in [0.3, 0.4) is 0 Å². The Hall–Kier alpha value is -2.04. The molecule has 0 saturated carbocycles. The van der Waals surface area contributed by atoms with Crippen molar-refractivity contribution in [2.75, 3.05) is 19.4 Å². The number of hydrogen-bond donors (Lipinski definition) is 2. The van der Waals surface area contributed by atoms with Gasteiger partial charge in [0.25, 0.3) is 0 Å². The highest BCUT2D eigenvalue weighted by molar-refractivity contribution is 5.91. The molecular weight excluding hydrogens is 206 g/mol. The summed E-state index contributed by atoms with van der Waals surface area (Å²) < 4.78 is 0. The van der Waals surface area contributed by atoms with Crippen LogP contribution in [0, 0.1) is 0 Å². The maximum atomic E-state index is 11.4. The average Bonchev–Trinajstić information content (AvgIpc) is 2.20. The van der Waals surface area contributed by atoms with Gasteiger partial charge in [0, 0.05) is 19.8 Å². The van der Waals surface area contributed by atoms with E-state index in [0.29, 0.717) is 11.3 Å². The van der Waals surface area contributed by atoms with Crippen molar-refractivity contribution in [3.63, 3.8) is 0 Å². The lowest BCUT2D eigenvalue weighted by Crippen LogP contribution is -2.28. The van der Waals surface area contributed by atoms with E-state index in [0.717, 1.165) is 0 Å². The Kier molecular flexibility index (Phi) is 3.88. The molecule has 0 spiro atoms. The van der Waals surface area contributed by atoms with Crippen molar-refractivity contribution in [2.24, 2.45) is 5.73 Å². The number of urea groups is 1. The molecule has 5 nitrogen and oxygen atoms in total. The van der Waals surface area contributed by atoms with Crippen molar-refractivity contribution < 1.29 is 9.59 Å². The van der Waals surface area contributed by atoms with E-state index < -0.39 is 5.91 Å². The fourth-order valence-electron chi connectivity index (χ4n) is 1.21. The largest absolute Gasteiger partial charge is 0.369 e. The van der Waals surface area contributed by atoms with Crippen molar-refractivity contribution in [1.29, 1.82) is 0 Å². The number of carbonyl (C=O) groups excluding carboxylic acids is 2. The zero-order valence-corrected chi connectivity index (χ0v) is 9.36. The number of benzene rings is 1. The quantitative estimate of drug-likeness (QED) is 0.792. The van der Waals surface area contributed by atoms with Crippen LogP contribution >= 0.6 is 0 Å². The maximum Gasteiger partial charge on any atom is 0.321 e. The van der Waals surface area contributed by atoms with Gasteiger partial charge in [-0.1, -0.05) is 18.2 Å². The Balaban J connectivity index is 2.86. The molecule has 0 unspecified atom stereocenters. The summed E-state index contributed by atoms with van der Waals surface area (Å²) in [4.78, 5) is 23.7. The number of primary amides is 1. The molecule has 0 aliphatic carbocycles. The molecule has 0 heterocycles. The van der Waals surface area contributed by atoms with E-state index in [4.69, 9.17) is 5.73 Å². The number of amides is 3. The Labute approximate surface area is 94.2 Å². The smallest absolute Gasteiger partial charge is 0.321 e. The van der Waals surface area contributed by atoms with Crippen molar-refractivity contribution >= 4 is 17.6 Å². The molecular formula is C11H15N3O2. The Morgan fingerprint density at radius 2 is 1.94 bits per heavy atom. The maximum absolute atomic E-state index is 11.4. The average molecular weight is 221 g/mol. The van der Waals surface area contributed by atoms with Gasteiger partial charge in [-0.15, -0.1) is 0 Å². The van der Waals surface area contributed by atoms with Crippen LogP contribution in [0.15, 0.2) is 24.3 Å². The summed E-state index contributed by atoms with van der Waals surface area (Å²) in [5.74, 6) is -0.424. The van der Waals surface area contributed by atoms with Gasteiger partial charge >= 0.3 is 6.03 Å². The van der Waals surface area contributed by atoms with Gasteiger partial charge in [0.1, 0.15) is 0 Å². The first-order chi connectivity index (χ1) is 7.50. The van der Waals surface area contributed by atoms with Crippen molar-refractivity contribution in [1.82, 2.24) is 4.90 Å². The van der Waals surface area contributed by atoms with E-state index in [1.54, 1.807) is 38.4 Å². The fraction of sp³-hybridized carbons (Fsp3) is 0.273. The molecule has 3 amide bonds. The molecule has 0 bridgehead atoms. The molecule has 0 radical (unpaired) electrons. The number of nitrogens with one attached hydrogen (secondary N) is 1. The second kappa shape index (κ2) is 5.16. The van der Waals surface area contributed by atoms with Gasteiger partial charge in [-0.2, -0.15) is 0 Å². The highest BCUT2D eigenvalue weighted by Crippen LogP contribution is 2.15. The van der Waals surface area contributed by atoms with E-state index in [1.165, 1.54) is 4.90 Å². The van der Waals surface area contributed by atoms with E-state index in [-0.39, 0.29) is 12.5 Å². The number of nitrogens with zero attached hydrogens (tertiary/aromatic N) is 1. The Morgan fingerprint density at radius 3 is 2.50 bits per heavy atom. The van der Waals surface area contributed by atoms with Crippen LogP contribution in [0.4, 0.5) is 10.5 Å². The molecule has 5 heteroatoms. The molecule has 1 aromatic carbocycles.